The summed E-state index contributed by atoms with van der Waals surface area (Å²) in [7, 11) is 1.89. The monoisotopic (exact) mass is 326 g/mol. The van der Waals surface area contributed by atoms with Gasteiger partial charge in [0.2, 0.25) is 11.8 Å². The lowest BCUT2D eigenvalue weighted by molar-refractivity contribution is -0.133. The van der Waals surface area contributed by atoms with Crippen LogP contribution in [-0.2, 0) is 14.3 Å². The molecule has 0 spiro atoms. The summed E-state index contributed by atoms with van der Waals surface area (Å²) in [5.41, 5.74) is 0. The quantitative estimate of drug-likeness (QED) is 0.584. The molecule has 2 aliphatic rings. The Kier molecular flexibility index (Phi) is 7.78. The predicted octanol–water partition coefficient (Wildman–Crippen LogP) is -0.575. The zero-order chi connectivity index (χ0) is 16.5. The van der Waals surface area contributed by atoms with Crippen LogP contribution < -0.4 is 10.6 Å². The van der Waals surface area contributed by atoms with Crippen LogP contribution in [0.1, 0.15) is 25.7 Å². The van der Waals surface area contributed by atoms with Gasteiger partial charge in [0.15, 0.2) is 0 Å². The molecule has 1 atom stereocenters. The van der Waals surface area contributed by atoms with E-state index >= 15 is 0 Å². The first kappa shape index (κ1) is 18.2. The molecule has 0 aromatic carbocycles. The van der Waals surface area contributed by atoms with Gasteiger partial charge in [-0.3, -0.25) is 19.4 Å². The lowest BCUT2D eigenvalue weighted by atomic mass is 10.1. The van der Waals surface area contributed by atoms with Gasteiger partial charge in [0.1, 0.15) is 0 Å². The molecule has 0 aromatic rings. The SMILES string of the molecule is CN1CCNC(=O)C1CC(=O)NCCCCCN1CCOCC1. The maximum Gasteiger partial charge on any atom is 0.237 e. The minimum atomic E-state index is -0.329. The second-order valence-corrected chi connectivity index (χ2v) is 6.36. The molecule has 7 nitrogen and oxygen atoms in total. The molecule has 2 N–H and O–H groups in total. The summed E-state index contributed by atoms with van der Waals surface area (Å²) in [6.07, 6.45) is 3.50. The Morgan fingerprint density at radius 3 is 2.78 bits per heavy atom. The first-order valence-electron chi connectivity index (χ1n) is 8.71. The van der Waals surface area contributed by atoms with Gasteiger partial charge in [-0.15, -0.1) is 0 Å². The van der Waals surface area contributed by atoms with Crippen LogP contribution in [0.2, 0.25) is 0 Å². The van der Waals surface area contributed by atoms with E-state index in [1.165, 1.54) is 0 Å². The third-order valence-corrected chi connectivity index (χ3v) is 4.55. The average molecular weight is 326 g/mol. The van der Waals surface area contributed by atoms with E-state index in [0.717, 1.165) is 58.7 Å². The van der Waals surface area contributed by atoms with Crippen LogP contribution in [0.3, 0.4) is 0 Å². The molecule has 2 fully saturated rings. The Morgan fingerprint density at radius 1 is 1.26 bits per heavy atom. The van der Waals surface area contributed by atoms with Crippen LogP contribution in [0, 0.1) is 0 Å². The molecular weight excluding hydrogens is 296 g/mol. The van der Waals surface area contributed by atoms with Crippen LogP contribution in [0.15, 0.2) is 0 Å². The highest BCUT2D eigenvalue weighted by molar-refractivity contribution is 5.88. The van der Waals surface area contributed by atoms with Gasteiger partial charge in [-0.25, -0.2) is 0 Å². The number of hydrogen-bond donors (Lipinski definition) is 2. The van der Waals surface area contributed by atoms with Crippen molar-refractivity contribution in [2.45, 2.75) is 31.7 Å². The van der Waals surface area contributed by atoms with Crippen LogP contribution in [0.25, 0.3) is 0 Å². The maximum atomic E-state index is 11.9. The summed E-state index contributed by atoms with van der Waals surface area (Å²) in [6, 6.07) is -0.329. The number of carbonyl (C=O) groups excluding carboxylic acids is 2. The van der Waals surface area contributed by atoms with Crippen molar-refractivity contribution in [1.82, 2.24) is 20.4 Å². The first-order valence-corrected chi connectivity index (χ1v) is 8.71. The third-order valence-electron chi connectivity index (χ3n) is 4.55. The largest absolute Gasteiger partial charge is 0.379 e. The van der Waals surface area contributed by atoms with E-state index in [1.54, 1.807) is 0 Å². The summed E-state index contributed by atoms with van der Waals surface area (Å²) in [5, 5.41) is 5.74. The molecule has 132 valence electrons. The second kappa shape index (κ2) is 9.85. The van der Waals surface area contributed by atoms with Gasteiger partial charge in [0.05, 0.1) is 25.7 Å². The Labute approximate surface area is 138 Å². The average Bonchev–Trinajstić information content (AvgIpc) is 2.55. The summed E-state index contributed by atoms with van der Waals surface area (Å²) in [4.78, 5) is 28.1. The van der Waals surface area contributed by atoms with Gasteiger partial charge < -0.3 is 15.4 Å². The minimum Gasteiger partial charge on any atom is -0.379 e. The molecule has 0 aliphatic carbocycles. The lowest BCUT2D eigenvalue weighted by Gasteiger charge is -2.31. The maximum absolute atomic E-state index is 11.9. The van der Waals surface area contributed by atoms with E-state index in [4.69, 9.17) is 4.74 Å². The van der Waals surface area contributed by atoms with E-state index in [-0.39, 0.29) is 24.3 Å². The van der Waals surface area contributed by atoms with Gasteiger partial charge in [-0.2, -0.15) is 0 Å². The number of carbonyl (C=O) groups is 2. The van der Waals surface area contributed by atoms with Gasteiger partial charge in [-0.05, 0) is 26.4 Å². The molecule has 0 aromatic heterocycles. The van der Waals surface area contributed by atoms with Gasteiger partial charge >= 0.3 is 0 Å². The molecule has 1 unspecified atom stereocenters. The standard InChI is InChI=1S/C16H30N4O3/c1-19-8-6-18-16(22)14(19)13-15(21)17-5-3-2-4-7-20-9-11-23-12-10-20/h14H,2-13H2,1H3,(H,17,21)(H,18,22). The number of piperazine rings is 1. The molecule has 0 bridgehead atoms. The van der Waals surface area contributed by atoms with Crippen molar-refractivity contribution in [3.8, 4) is 0 Å². The number of ether oxygens (including phenoxy) is 1. The topological polar surface area (TPSA) is 73.9 Å². The summed E-state index contributed by atoms with van der Waals surface area (Å²) >= 11 is 0. The van der Waals surface area contributed by atoms with E-state index in [1.807, 2.05) is 11.9 Å². The molecule has 2 rings (SSSR count). The molecule has 2 saturated heterocycles. The van der Waals surface area contributed by atoms with Crippen LogP contribution in [0.4, 0.5) is 0 Å². The van der Waals surface area contributed by atoms with Crippen LogP contribution >= 0.6 is 0 Å². The van der Waals surface area contributed by atoms with Crippen molar-refractivity contribution < 1.29 is 14.3 Å². The van der Waals surface area contributed by atoms with Gasteiger partial charge in [-0.1, -0.05) is 6.42 Å². The second-order valence-electron chi connectivity index (χ2n) is 6.36. The normalized spacial score (nSPS) is 23.5. The number of rotatable bonds is 8. The van der Waals surface area contributed by atoms with Gasteiger partial charge in [0.25, 0.3) is 0 Å². The van der Waals surface area contributed by atoms with Crippen molar-refractivity contribution in [3.05, 3.63) is 0 Å². The van der Waals surface area contributed by atoms with Crippen LogP contribution in [0.5, 0.6) is 0 Å². The highest BCUT2D eigenvalue weighted by atomic mass is 16.5. The Bertz CT molecular complexity index is 386. The fourth-order valence-electron chi connectivity index (χ4n) is 3.02. The smallest absolute Gasteiger partial charge is 0.237 e. The number of nitrogens with one attached hydrogen (secondary N) is 2. The molecule has 2 aliphatic heterocycles. The van der Waals surface area contributed by atoms with Crippen molar-refractivity contribution in [2.24, 2.45) is 0 Å². The number of likely N-dealkylation sites (N-methyl/N-ethyl adjacent to an activating group) is 1. The van der Waals surface area contributed by atoms with E-state index in [2.05, 4.69) is 15.5 Å². The third kappa shape index (κ3) is 6.45. The predicted molar refractivity (Wildman–Crippen MR) is 88.2 cm³/mol. The van der Waals surface area contributed by atoms with Crippen molar-refractivity contribution in [1.29, 1.82) is 0 Å². The van der Waals surface area contributed by atoms with Gasteiger partial charge in [0, 0.05) is 32.7 Å². The highest BCUT2D eigenvalue weighted by Crippen LogP contribution is 2.06. The number of morpholine rings is 1. The molecule has 0 radical (unpaired) electrons. The first-order chi connectivity index (χ1) is 11.2. The Morgan fingerprint density at radius 2 is 2.04 bits per heavy atom. The Hall–Kier alpha value is -1.18. The molecule has 0 saturated carbocycles. The zero-order valence-electron chi connectivity index (χ0n) is 14.2. The number of unbranched alkanes of at least 4 members (excludes halogenated alkanes) is 2. The van der Waals surface area contributed by atoms with Crippen molar-refractivity contribution in [3.63, 3.8) is 0 Å². The molecular formula is C16H30N4O3. The van der Waals surface area contributed by atoms with Crippen molar-refractivity contribution in [2.75, 3.05) is 59.5 Å². The highest BCUT2D eigenvalue weighted by Gasteiger charge is 2.28. The lowest BCUT2D eigenvalue weighted by Crippen LogP contribution is -2.54. The summed E-state index contributed by atoms with van der Waals surface area (Å²) in [6.45, 7) is 7.03. The number of hydrogen-bond acceptors (Lipinski definition) is 5. The minimum absolute atomic E-state index is 0.0351. The number of amides is 2. The molecule has 7 heteroatoms. The molecule has 23 heavy (non-hydrogen) atoms. The summed E-state index contributed by atoms with van der Waals surface area (Å²) in [5.74, 6) is -0.0773. The fourth-order valence-corrected chi connectivity index (χ4v) is 3.02. The van der Waals surface area contributed by atoms with E-state index in [0.29, 0.717) is 13.1 Å². The molecule has 2 amide bonds. The molecule has 2 heterocycles. The fraction of sp³-hybridized carbons (Fsp3) is 0.875. The van der Waals surface area contributed by atoms with E-state index in [9.17, 15) is 9.59 Å². The van der Waals surface area contributed by atoms with E-state index < -0.39 is 0 Å². The Balaban J connectivity index is 1.50. The summed E-state index contributed by atoms with van der Waals surface area (Å²) < 4.78 is 5.33. The number of nitrogens with zero attached hydrogens (tertiary/aromatic N) is 2. The van der Waals surface area contributed by atoms with Crippen LogP contribution in [-0.4, -0.2) is 87.2 Å². The zero-order valence-corrected chi connectivity index (χ0v) is 14.2. The van der Waals surface area contributed by atoms with Crippen molar-refractivity contribution >= 4 is 11.8 Å².